The standard InChI is InChI=1S/C17H18O4/c1-19-13-20-12-16(18)15-9-5-6-10-17(15)21-11-14-7-3-2-4-8-14/h2-10H,11-13H2,1H3. The maximum absolute atomic E-state index is 12.1. The van der Waals surface area contributed by atoms with Crippen molar-refractivity contribution in [3.8, 4) is 5.75 Å². The van der Waals surface area contributed by atoms with Crippen LogP contribution in [0.3, 0.4) is 0 Å². The molecule has 0 aliphatic carbocycles. The summed E-state index contributed by atoms with van der Waals surface area (Å²) in [6, 6.07) is 17.0. The van der Waals surface area contributed by atoms with E-state index in [-0.39, 0.29) is 19.2 Å². The molecule has 0 amide bonds. The Bertz CT molecular complexity index is 566. The van der Waals surface area contributed by atoms with E-state index < -0.39 is 0 Å². The van der Waals surface area contributed by atoms with Gasteiger partial charge in [-0.15, -0.1) is 0 Å². The number of methoxy groups -OCH3 is 1. The Morgan fingerprint density at radius 3 is 2.48 bits per heavy atom. The van der Waals surface area contributed by atoms with Crippen molar-refractivity contribution in [2.45, 2.75) is 6.61 Å². The smallest absolute Gasteiger partial charge is 0.192 e. The summed E-state index contributed by atoms with van der Waals surface area (Å²) in [5.41, 5.74) is 1.57. The molecule has 2 rings (SSSR count). The highest BCUT2D eigenvalue weighted by atomic mass is 16.7. The predicted octanol–water partition coefficient (Wildman–Crippen LogP) is 3.07. The molecule has 0 atom stereocenters. The van der Waals surface area contributed by atoms with Crippen LogP contribution in [0, 0.1) is 0 Å². The zero-order valence-electron chi connectivity index (χ0n) is 12.0. The van der Waals surface area contributed by atoms with E-state index in [1.165, 1.54) is 7.11 Å². The molecule has 110 valence electrons. The number of hydrogen-bond donors (Lipinski definition) is 0. The first-order chi connectivity index (χ1) is 10.3. The van der Waals surface area contributed by atoms with Crippen molar-refractivity contribution < 1.29 is 19.0 Å². The molecule has 0 saturated carbocycles. The van der Waals surface area contributed by atoms with Crippen LogP contribution in [0.15, 0.2) is 54.6 Å². The molecule has 0 aromatic heterocycles. The highest BCUT2D eigenvalue weighted by molar-refractivity contribution is 5.99. The second kappa shape index (κ2) is 8.19. The van der Waals surface area contributed by atoms with E-state index in [1.807, 2.05) is 36.4 Å². The summed E-state index contributed by atoms with van der Waals surface area (Å²) in [7, 11) is 1.52. The monoisotopic (exact) mass is 286 g/mol. The van der Waals surface area contributed by atoms with Crippen LogP contribution in [0.4, 0.5) is 0 Å². The molecule has 21 heavy (non-hydrogen) atoms. The largest absolute Gasteiger partial charge is 0.488 e. The predicted molar refractivity (Wildman–Crippen MR) is 79.4 cm³/mol. The van der Waals surface area contributed by atoms with E-state index in [9.17, 15) is 4.79 Å². The van der Waals surface area contributed by atoms with Gasteiger partial charge in [0.2, 0.25) is 0 Å². The van der Waals surface area contributed by atoms with Crippen LogP contribution in [0.5, 0.6) is 5.75 Å². The molecule has 0 bridgehead atoms. The summed E-state index contributed by atoms with van der Waals surface area (Å²) in [6.45, 7) is 0.488. The Kier molecular flexibility index (Phi) is 5.94. The first-order valence-electron chi connectivity index (χ1n) is 6.67. The molecule has 2 aromatic carbocycles. The van der Waals surface area contributed by atoms with Gasteiger partial charge in [0, 0.05) is 7.11 Å². The second-order valence-electron chi connectivity index (χ2n) is 4.45. The average molecular weight is 286 g/mol. The lowest BCUT2D eigenvalue weighted by atomic mass is 10.1. The van der Waals surface area contributed by atoms with Crippen LogP contribution in [0.2, 0.25) is 0 Å². The first-order valence-corrected chi connectivity index (χ1v) is 6.67. The molecule has 4 nitrogen and oxygen atoms in total. The fraction of sp³-hybridized carbons (Fsp3) is 0.235. The molecule has 2 aromatic rings. The fourth-order valence-electron chi connectivity index (χ4n) is 1.85. The lowest BCUT2D eigenvalue weighted by molar-refractivity contribution is -0.0238. The third-order valence-corrected chi connectivity index (χ3v) is 2.86. The number of ether oxygens (including phenoxy) is 3. The van der Waals surface area contributed by atoms with Crippen LogP contribution in [-0.2, 0) is 16.1 Å². The number of rotatable bonds is 8. The molecule has 4 heteroatoms. The van der Waals surface area contributed by atoms with Gasteiger partial charge in [0.25, 0.3) is 0 Å². The third kappa shape index (κ3) is 4.70. The van der Waals surface area contributed by atoms with E-state index in [0.29, 0.717) is 17.9 Å². The lowest BCUT2D eigenvalue weighted by Crippen LogP contribution is -2.12. The minimum Gasteiger partial charge on any atom is -0.488 e. The topological polar surface area (TPSA) is 44.8 Å². The Morgan fingerprint density at radius 1 is 1.00 bits per heavy atom. The van der Waals surface area contributed by atoms with Gasteiger partial charge in [0.15, 0.2) is 5.78 Å². The summed E-state index contributed by atoms with van der Waals surface area (Å²) in [5, 5.41) is 0. The molecular weight excluding hydrogens is 268 g/mol. The Hall–Kier alpha value is -2.17. The minimum atomic E-state index is -0.129. The van der Waals surface area contributed by atoms with Gasteiger partial charge in [-0.1, -0.05) is 42.5 Å². The van der Waals surface area contributed by atoms with Gasteiger partial charge >= 0.3 is 0 Å². The summed E-state index contributed by atoms with van der Waals surface area (Å²) < 4.78 is 15.6. The third-order valence-electron chi connectivity index (χ3n) is 2.86. The van der Waals surface area contributed by atoms with Crippen molar-refractivity contribution in [3.05, 3.63) is 65.7 Å². The van der Waals surface area contributed by atoms with Crippen LogP contribution in [-0.4, -0.2) is 26.3 Å². The highest BCUT2D eigenvalue weighted by Crippen LogP contribution is 2.20. The van der Waals surface area contributed by atoms with Gasteiger partial charge in [0.1, 0.15) is 25.8 Å². The molecule has 0 saturated heterocycles. The zero-order valence-corrected chi connectivity index (χ0v) is 12.0. The van der Waals surface area contributed by atoms with Crippen molar-refractivity contribution >= 4 is 5.78 Å². The van der Waals surface area contributed by atoms with Crippen molar-refractivity contribution in [2.75, 3.05) is 20.5 Å². The van der Waals surface area contributed by atoms with E-state index in [0.717, 1.165) is 5.56 Å². The molecule has 0 N–H and O–H groups in total. The Morgan fingerprint density at radius 2 is 1.71 bits per heavy atom. The van der Waals surface area contributed by atoms with Gasteiger partial charge in [-0.2, -0.15) is 0 Å². The number of para-hydroxylation sites is 1. The summed E-state index contributed by atoms with van der Waals surface area (Å²) in [6.07, 6.45) is 0. The number of carbonyl (C=O) groups is 1. The molecule has 0 heterocycles. The normalized spacial score (nSPS) is 10.3. The maximum Gasteiger partial charge on any atom is 0.192 e. The van der Waals surface area contributed by atoms with Crippen molar-refractivity contribution in [1.29, 1.82) is 0 Å². The van der Waals surface area contributed by atoms with Crippen molar-refractivity contribution in [3.63, 3.8) is 0 Å². The quantitative estimate of drug-likeness (QED) is 0.425. The van der Waals surface area contributed by atoms with Gasteiger partial charge in [-0.25, -0.2) is 0 Å². The van der Waals surface area contributed by atoms with Gasteiger partial charge < -0.3 is 14.2 Å². The zero-order chi connectivity index (χ0) is 14.9. The van der Waals surface area contributed by atoms with E-state index in [1.54, 1.807) is 18.2 Å². The summed E-state index contributed by atoms with van der Waals surface area (Å²) in [5.74, 6) is 0.433. The minimum absolute atomic E-state index is 0.0282. The Labute approximate surface area is 124 Å². The lowest BCUT2D eigenvalue weighted by Gasteiger charge is -2.11. The molecule has 0 aliphatic rings. The van der Waals surface area contributed by atoms with Gasteiger partial charge in [0.05, 0.1) is 5.56 Å². The summed E-state index contributed by atoms with van der Waals surface area (Å²) >= 11 is 0. The molecule has 0 unspecified atom stereocenters. The second-order valence-corrected chi connectivity index (χ2v) is 4.45. The van der Waals surface area contributed by atoms with Gasteiger partial charge in [-0.05, 0) is 17.7 Å². The number of ketones is 1. The molecular formula is C17H18O4. The molecule has 0 aliphatic heterocycles. The first kappa shape index (κ1) is 15.2. The maximum atomic E-state index is 12.1. The average Bonchev–Trinajstić information content (AvgIpc) is 2.54. The van der Waals surface area contributed by atoms with E-state index in [2.05, 4.69) is 0 Å². The Balaban J connectivity index is 2.01. The number of carbonyl (C=O) groups excluding carboxylic acids is 1. The number of Topliss-reactive ketones (excluding diaryl/α,β-unsaturated/α-hetero) is 1. The molecule has 0 fully saturated rings. The molecule has 0 spiro atoms. The van der Waals surface area contributed by atoms with E-state index in [4.69, 9.17) is 14.2 Å². The van der Waals surface area contributed by atoms with Crippen LogP contribution < -0.4 is 4.74 Å². The van der Waals surface area contributed by atoms with Crippen molar-refractivity contribution in [1.82, 2.24) is 0 Å². The SMILES string of the molecule is COCOCC(=O)c1ccccc1OCc1ccccc1. The fourth-order valence-corrected chi connectivity index (χ4v) is 1.85. The number of hydrogen-bond acceptors (Lipinski definition) is 4. The molecule has 0 radical (unpaired) electrons. The van der Waals surface area contributed by atoms with Crippen molar-refractivity contribution in [2.24, 2.45) is 0 Å². The highest BCUT2D eigenvalue weighted by Gasteiger charge is 2.12. The van der Waals surface area contributed by atoms with E-state index >= 15 is 0 Å². The van der Waals surface area contributed by atoms with Crippen LogP contribution in [0.1, 0.15) is 15.9 Å². The van der Waals surface area contributed by atoms with Crippen LogP contribution in [0.25, 0.3) is 0 Å². The summed E-state index contributed by atoms with van der Waals surface area (Å²) in [4.78, 5) is 12.1. The van der Waals surface area contributed by atoms with Gasteiger partial charge in [-0.3, -0.25) is 4.79 Å². The van der Waals surface area contributed by atoms with Crippen LogP contribution >= 0.6 is 0 Å². The number of benzene rings is 2.